The fourth-order valence-corrected chi connectivity index (χ4v) is 3.22. The van der Waals surface area contributed by atoms with Crippen LogP contribution in [0.2, 0.25) is 0 Å². The Morgan fingerprint density at radius 3 is 2.37 bits per heavy atom. The molecule has 30 heavy (non-hydrogen) atoms. The SMILES string of the molecule is COc1ccc(-c2nc(C(=O)Nc3ccc(C)cc3C)nn2-c2ccccc2)cc1. The highest BCUT2D eigenvalue weighted by Gasteiger charge is 2.19. The van der Waals surface area contributed by atoms with E-state index in [1.165, 1.54) is 0 Å². The molecule has 0 aliphatic rings. The zero-order chi connectivity index (χ0) is 21.1. The molecule has 0 radical (unpaired) electrons. The van der Waals surface area contributed by atoms with Crippen molar-refractivity contribution in [2.45, 2.75) is 13.8 Å². The maximum absolute atomic E-state index is 12.9. The van der Waals surface area contributed by atoms with Crippen molar-refractivity contribution in [1.82, 2.24) is 14.8 Å². The van der Waals surface area contributed by atoms with Crippen molar-refractivity contribution in [3.8, 4) is 22.8 Å². The summed E-state index contributed by atoms with van der Waals surface area (Å²) in [7, 11) is 1.62. The number of benzene rings is 3. The van der Waals surface area contributed by atoms with Gasteiger partial charge >= 0.3 is 0 Å². The monoisotopic (exact) mass is 398 g/mol. The Kier molecular flexibility index (Phi) is 5.30. The van der Waals surface area contributed by atoms with Gasteiger partial charge in [-0.25, -0.2) is 9.67 Å². The quantitative estimate of drug-likeness (QED) is 0.524. The number of carbonyl (C=O) groups excluding carboxylic acids is 1. The largest absolute Gasteiger partial charge is 0.497 e. The van der Waals surface area contributed by atoms with Crippen LogP contribution in [0.25, 0.3) is 17.1 Å². The number of anilines is 1. The summed E-state index contributed by atoms with van der Waals surface area (Å²) in [6.07, 6.45) is 0. The van der Waals surface area contributed by atoms with Crippen molar-refractivity contribution >= 4 is 11.6 Å². The average Bonchev–Trinajstić information content (AvgIpc) is 3.22. The van der Waals surface area contributed by atoms with Gasteiger partial charge in [-0.2, -0.15) is 0 Å². The number of carbonyl (C=O) groups is 1. The molecule has 0 atom stereocenters. The average molecular weight is 398 g/mol. The molecule has 0 fully saturated rings. The Bertz CT molecular complexity index is 1180. The van der Waals surface area contributed by atoms with Crippen LogP contribution in [0.15, 0.2) is 72.8 Å². The zero-order valence-electron chi connectivity index (χ0n) is 17.1. The van der Waals surface area contributed by atoms with Crippen LogP contribution < -0.4 is 10.1 Å². The molecule has 6 nitrogen and oxygen atoms in total. The van der Waals surface area contributed by atoms with Gasteiger partial charge in [-0.15, -0.1) is 5.10 Å². The smallest absolute Gasteiger partial charge is 0.295 e. The van der Waals surface area contributed by atoms with Gasteiger partial charge in [0.2, 0.25) is 5.82 Å². The van der Waals surface area contributed by atoms with Gasteiger partial charge in [0.1, 0.15) is 5.75 Å². The number of rotatable bonds is 5. The van der Waals surface area contributed by atoms with Gasteiger partial charge in [0, 0.05) is 11.3 Å². The van der Waals surface area contributed by atoms with Crippen LogP contribution in [0.5, 0.6) is 5.75 Å². The number of aryl methyl sites for hydroxylation is 2. The normalized spacial score (nSPS) is 10.6. The summed E-state index contributed by atoms with van der Waals surface area (Å²) in [5.41, 5.74) is 4.52. The predicted molar refractivity (Wildman–Crippen MR) is 117 cm³/mol. The molecule has 0 aliphatic heterocycles. The summed E-state index contributed by atoms with van der Waals surface area (Å²) in [4.78, 5) is 17.5. The third-order valence-corrected chi connectivity index (χ3v) is 4.79. The van der Waals surface area contributed by atoms with Crippen LogP contribution in [0.3, 0.4) is 0 Å². The minimum atomic E-state index is -0.355. The number of para-hydroxylation sites is 1. The number of hydrogen-bond donors (Lipinski definition) is 1. The van der Waals surface area contributed by atoms with Crippen molar-refractivity contribution in [2.75, 3.05) is 12.4 Å². The van der Waals surface area contributed by atoms with Gasteiger partial charge in [0.15, 0.2) is 5.82 Å². The molecule has 6 heteroatoms. The van der Waals surface area contributed by atoms with Crippen LogP contribution in [0.4, 0.5) is 5.69 Å². The van der Waals surface area contributed by atoms with Gasteiger partial charge in [0.05, 0.1) is 12.8 Å². The lowest BCUT2D eigenvalue weighted by molar-refractivity contribution is 0.101. The van der Waals surface area contributed by atoms with Crippen molar-refractivity contribution < 1.29 is 9.53 Å². The summed E-state index contributed by atoms with van der Waals surface area (Å²) in [6, 6.07) is 23.0. The Balaban J connectivity index is 1.73. The molecule has 1 N–H and O–H groups in total. The Morgan fingerprint density at radius 2 is 1.70 bits per heavy atom. The van der Waals surface area contributed by atoms with Gasteiger partial charge in [-0.3, -0.25) is 4.79 Å². The van der Waals surface area contributed by atoms with Crippen molar-refractivity contribution in [1.29, 1.82) is 0 Å². The van der Waals surface area contributed by atoms with Crippen LogP contribution in [0, 0.1) is 13.8 Å². The zero-order valence-corrected chi connectivity index (χ0v) is 17.1. The molecular weight excluding hydrogens is 376 g/mol. The number of methoxy groups -OCH3 is 1. The van der Waals surface area contributed by atoms with Crippen LogP contribution in [-0.4, -0.2) is 27.8 Å². The second-order valence-electron chi connectivity index (χ2n) is 7.01. The minimum absolute atomic E-state index is 0.102. The maximum Gasteiger partial charge on any atom is 0.295 e. The third kappa shape index (κ3) is 3.93. The molecule has 0 bridgehead atoms. The van der Waals surface area contributed by atoms with Crippen LogP contribution >= 0.6 is 0 Å². The van der Waals surface area contributed by atoms with E-state index in [9.17, 15) is 4.79 Å². The number of aromatic nitrogens is 3. The first-order valence-corrected chi connectivity index (χ1v) is 9.60. The molecule has 0 spiro atoms. The molecular formula is C24H22N4O2. The van der Waals surface area contributed by atoms with E-state index in [2.05, 4.69) is 15.4 Å². The minimum Gasteiger partial charge on any atom is -0.497 e. The molecule has 0 unspecified atom stereocenters. The highest BCUT2D eigenvalue weighted by Crippen LogP contribution is 2.24. The number of hydrogen-bond acceptors (Lipinski definition) is 4. The van der Waals surface area contributed by atoms with E-state index in [4.69, 9.17) is 4.74 Å². The van der Waals surface area contributed by atoms with E-state index in [0.717, 1.165) is 33.8 Å². The molecule has 1 amide bonds. The fraction of sp³-hybridized carbons (Fsp3) is 0.125. The van der Waals surface area contributed by atoms with E-state index in [0.29, 0.717) is 5.82 Å². The Labute approximate surface area is 175 Å². The Morgan fingerprint density at radius 1 is 0.967 bits per heavy atom. The van der Waals surface area contributed by atoms with Gasteiger partial charge < -0.3 is 10.1 Å². The summed E-state index contributed by atoms with van der Waals surface area (Å²) < 4.78 is 6.92. The van der Waals surface area contributed by atoms with Gasteiger partial charge in [0.25, 0.3) is 5.91 Å². The molecule has 0 saturated heterocycles. The number of ether oxygens (including phenoxy) is 1. The maximum atomic E-state index is 12.9. The van der Waals surface area contributed by atoms with Gasteiger partial charge in [-0.1, -0.05) is 35.9 Å². The highest BCUT2D eigenvalue weighted by atomic mass is 16.5. The fourth-order valence-electron chi connectivity index (χ4n) is 3.22. The van der Waals surface area contributed by atoms with Crippen molar-refractivity contribution in [3.05, 3.63) is 89.7 Å². The Hall–Kier alpha value is -3.93. The molecule has 4 rings (SSSR count). The molecule has 3 aromatic carbocycles. The summed E-state index contributed by atoms with van der Waals surface area (Å²) in [5.74, 6) is 1.07. The molecule has 1 heterocycles. The first kappa shape index (κ1) is 19.4. The standard InChI is InChI=1S/C24H22N4O2/c1-16-9-14-21(17(2)15-16)25-24(29)22-26-23(18-10-12-20(30-3)13-11-18)28(27-22)19-7-5-4-6-8-19/h4-15H,1-3H3,(H,25,29). The van der Waals surface area contributed by atoms with Gasteiger partial charge in [-0.05, 0) is 61.9 Å². The van der Waals surface area contributed by atoms with Crippen LogP contribution in [0.1, 0.15) is 21.7 Å². The second-order valence-corrected chi connectivity index (χ2v) is 7.01. The van der Waals surface area contributed by atoms with Crippen LogP contribution in [-0.2, 0) is 0 Å². The third-order valence-electron chi connectivity index (χ3n) is 4.79. The molecule has 0 aliphatic carbocycles. The predicted octanol–water partition coefficient (Wildman–Crippen LogP) is 4.81. The number of nitrogens with one attached hydrogen (secondary N) is 1. The second kappa shape index (κ2) is 8.21. The summed E-state index contributed by atoms with van der Waals surface area (Å²) in [6.45, 7) is 3.98. The van der Waals surface area contributed by atoms with E-state index < -0.39 is 0 Å². The lowest BCUT2D eigenvalue weighted by Crippen LogP contribution is -2.15. The van der Waals surface area contributed by atoms with E-state index in [1.807, 2.05) is 86.6 Å². The van der Waals surface area contributed by atoms with E-state index in [-0.39, 0.29) is 11.7 Å². The van der Waals surface area contributed by atoms with E-state index in [1.54, 1.807) is 11.8 Å². The van der Waals surface area contributed by atoms with Crippen molar-refractivity contribution in [3.63, 3.8) is 0 Å². The lowest BCUT2D eigenvalue weighted by atomic mass is 10.1. The summed E-state index contributed by atoms with van der Waals surface area (Å²) >= 11 is 0. The first-order chi connectivity index (χ1) is 14.5. The first-order valence-electron chi connectivity index (χ1n) is 9.60. The van der Waals surface area contributed by atoms with Crippen molar-refractivity contribution in [2.24, 2.45) is 0 Å². The molecule has 0 saturated carbocycles. The topological polar surface area (TPSA) is 69.0 Å². The number of nitrogens with zero attached hydrogens (tertiary/aromatic N) is 3. The number of amides is 1. The lowest BCUT2D eigenvalue weighted by Gasteiger charge is -2.07. The highest BCUT2D eigenvalue weighted by molar-refractivity contribution is 6.02. The molecule has 1 aromatic heterocycles. The molecule has 150 valence electrons. The molecule has 4 aromatic rings. The summed E-state index contributed by atoms with van der Waals surface area (Å²) in [5, 5.41) is 7.42. The van der Waals surface area contributed by atoms with E-state index >= 15 is 0 Å².